The number of urea groups is 1. The maximum Gasteiger partial charge on any atom is 0.321 e. The van der Waals surface area contributed by atoms with Gasteiger partial charge in [-0.05, 0) is 49.6 Å². The van der Waals surface area contributed by atoms with Gasteiger partial charge in [-0.15, -0.1) is 0 Å². The number of nitrogens with two attached hydrogens (primary N) is 1. The number of anilines is 2. The van der Waals surface area contributed by atoms with Gasteiger partial charge in [0.25, 0.3) is 0 Å². The average Bonchev–Trinajstić information content (AvgIpc) is 2.94. The lowest BCUT2D eigenvalue weighted by Crippen LogP contribution is -2.44. The van der Waals surface area contributed by atoms with E-state index in [4.69, 9.17) is 15.5 Å². The van der Waals surface area contributed by atoms with Gasteiger partial charge in [-0.1, -0.05) is 42.5 Å². The minimum atomic E-state index is -0.276. The van der Waals surface area contributed by atoms with Crippen molar-refractivity contribution in [1.82, 2.24) is 19.9 Å². The molecule has 0 spiro atoms. The number of pyridine rings is 1. The number of amides is 2. The minimum absolute atomic E-state index is 0.223. The monoisotopic (exact) mass is 510 g/mol. The first kappa shape index (κ1) is 25.1. The fourth-order valence-corrected chi connectivity index (χ4v) is 4.71. The molecule has 0 saturated carbocycles. The smallest absolute Gasteiger partial charge is 0.321 e. The summed E-state index contributed by atoms with van der Waals surface area (Å²) in [7, 11) is 0. The van der Waals surface area contributed by atoms with Crippen LogP contribution >= 0.6 is 0 Å². The Bertz CT molecular complexity index is 1440. The highest BCUT2D eigenvalue weighted by Crippen LogP contribution is 2.25. The summed E-state index contributed by atoms with van der Waals surface area (Å²) < 4.78 is 5.14. The van der Waals surface area contributed by atoms with Gasteiger partial charge in [0.1, 0.15) is 5.52 Å². The SMILES string of the molecule is CCOC(=O)C1CCCN(C(=O)Nc2ccc(-c3ccc4nc(N)nc(Cc5ccccc5)c4n3)cc2)C1. The number of rotatable bonds is 6. The third-order valence-electron chi connectivity index (χ3n) is 6.61. The molecule has 3 N–H and O–H groups in total. The molecule has 1 saturated heterocycles. The van der Waals surface area contributed by atoms with Crippen molar-refractivity contribution >= 4 is 34.7 Å². The molecule has 9 heteroatoms. The predicted octanol–water partition coefficient (Wildman–Crippen LogP) is 4.67. The van der Waals surface area contributed by atoms with E-state index in [0.717, 1.165) is 35.4 Å². The van der Waals surface area contributed by atoms with Crippen LogP contribution in [0, 0.1) is 5.92 Å². The number of carbonyl (C=O) groups excluding carboxylic acids is 2. The Morgan fingerprint density at radius 3 is 2.58 bits per heavy atom. The summed E-state index contributed by atoms with van der Waals surface area (Å²) in [5.41, 5.74) is 11.6. The van der Waals surface area contributed by atoms with Crippen molar-refractivity contribution in [2.24, 2.45) is 5.92 Å². The Balaban J connectivity index is 1.31. The lowest BCUT2D eigenvalue weighted by atomic mass is 9.98. The number of carbonyl (C=O) groups is 2. The zero-order valence-corrected chi connectivity index (χ0v) is 21.3. The fraction of sp³-hybridized carbons (Fsp3) is 0.276. The van der Waals surface area contributed by atoms with Crippen molar-refractivity contribution in [2.45, 2.75) is 26.2 Å². The summed E-state index contributed by atoms with van der Waals surface area (Å²) in [6.07, 6.45) is 2.10. The van der Waals surface area contributed by atoms with E-state index in [1.807, 2.05) is 66.7 Å². The van der Waals surface area contributed by atoms with Crippen molar-refractivity contribution in [2.75, 3.05) is 30.7 Å². The summed E-state index contributed by atoms with van der Waals surface area (Å²) >= 11 is 0. The van der Waals surface area contributed by atoms with Crippen LogP contribution in [0.3, 0.4) is 0 Å². The highest BCUT2D eigenvalue weighted by molar-refractivity contribution is 5.90. The number of nitrogens with zero attached hydrogens (tertiary/aromatic N) is 4. The lowest BCUT2D eigenvalue weighted by Gasteiger charge is -2.31. The lowest BCUT2D eigenvalue weighted by molar-refractivity contribution is -0.149. The third kappa shape index (κ3) is 5.72. The number of benzene rings is 2. The normalized spacial score (nSPS) is 15.3. The van der Waals surface area contributed by atoms with E-state index in [1.54, 1.807) is 11.8 Å². The zero-order chi connectivity index (χ0) is 26.5. The maximum atomic E-state index is 12.8. The van der Waals surface area contributed by atoms with Gasteiger partial charge in [-0.25, -0.2) is 19.7 Å². The van der Waals surface area contributed by atoms with Crippen LogP contribution in [-0.4, -0.2) is 51.5 Å². The van der Waals surface area contributed by atoms with E-state index in [0.29, 0.717) is 42.8 Å². The van der Waals surface area contributed by atoms with Crippen LogP contribution in [0.15, 0.2) is 66.7 Å². The van der Waals surface area contributed by atoms with Crippen LogP contribution in [0.2, 0.25) is 0 Å². The standard InChI is InChI=1S/C29H30N6O3/c1-2-38-27(36)21-9-6-16-35(18-21)29(37)31-22-12-10-20(11-13-22)23-14-15-24-26(32-23)25(34-28(30)33-24)17-19-7-4-3-5-8-19/h3-5,7-8,10-15,21H,2,6,9,16-18H2,1H3,(H,31,37)(H2,30,33,34). The molecule has 2 amide bonds. The second-order valence-electron chi connectivity index (χ2n) is 9.30. The summed E-state index contributed by atoms with van der Waals surface area (Å²) in [5.74, 6) is -0.292. The molecule has 1 aliphatic rings. The van der Waals surface area contributed by atoms with Gasteiger partial charge in [-0.3, -0.25) is 4.79 Å². The highest BCUT2D eigenvalue weighted by Gasteiger charge is 2.29. The number of ether oxygens (including phenoxy) is 1. The molecule has 5 rings (SSSR count). The van der Waals surface area contributed by atoms with Gasteiger partial charge in [0.05, 0.1) is 29.4 Å². The Hall–Kier alpha value is -4.53. The number of esters is 1. The molecule has 1 aliphatic heterocycles. The molecule has 2 aromatic heterocycles. The topological polar surface area (TPSA) is 123 Å². The second-order valence-corrected chi connectivity index (χ2v) is 9.30. The highest BCUT2D eigenvalue weighted by atomic mass is 16.5. The molecular weight excluding hydrogens is 480 g/mol. The fourth-order valence-electron chi connectivity index (χ4n) is 4.71. The molecule has 4 aromatic rings. The molecule has 1 atom stereocenters. The van der Waals surface area contributed by atoms with E-state index in [-0.39, 0.29) is 23.9 Å². The molecule has 0 bridgehead atoms. The van der Waals surface area contributed by atoms with Gasteiger partial charge in [0, 0.05) is 30.8 Å². The third-order valence-corrected chi connectivity index (χ3v) is 6.61. The van der Waals surface area contributed by atoms with Crippen molar-refractivity contribution in [3.8, 4) is 11.3 Å². The number of nitrogen functional groups attached to an aromatic ring is 1. The van der Waals surface area contributed by atoms with Gasteiger partial charge in [0.2, 0.25) is 5.95 Å². The van der Waals surface area contributed by atoms with E-state index < -0.39 is 0 Å². The number of fused-ring (bicyclic) bond motifs is 1. The van der Waals surface area contributed by atoms with Crippen LogP contribution in [0.5, 0.6) is 0 Å². The second kappa shape index (κ2) is 11.2. The van der Waals surface area contributed by atoms with Crippen LogP contribution in [0.4, 0.5) is 16.4 Å². The van der Waals surface area contributed by atoms with Gasteiger partial charge in [-0.2, -0.15) is 0 Å². The summed E-state index contributed by atoms with van der Waals surface area (Å²) in [4.78, 5) is 40.3. The van der Waals surface area contributed by atoms with E-state index in [9.17, 15) is 9.59 Å². The predicted molar refractivity (Wildman–Crippen MR) is 146 cm³/mol. The summed E-state index contributed by atoms with van der Waals surface area (Å²) in [6.45, 7) is 3.10. The van der Waals surface area contributed by atoms with Crippen LogP contribution in [0.25, 0.3) is 22.3 Å². The number of aromatic nitrogens is 3. The first-order valence-corrected chi connectivity index (χ1v) is 12.8. The molecule has 1 unspecified atom stereocenters. The number of hydrogen-bond donors (Lipinski definition) is 2. The molecule has 38 heavy (non-hydrogen) atoms. The summed E-state index contributed by atoms with van der Waals surface area (Å²) in [5, 5.41) is 2.93. The molecule has 2 aromatic carbocycles. The molecule has 9 nitrogen and oxygen atoms in total. The van der Waals surface area contributed by atoms with Gasteiger partial charge < -0.3 is 20.7 Å². The number of likely N-dealkylation sites (tertiary alicyclic amines) is 1. The van der Waals surface area contributed by atoms with Crippen molar-refractivity contribution in [3.05, 3.63) is 78.0 Å². The van der Waals surface area contributed by atoms with Crippen molar-refractivity contribution in [3.63, 3.8) is 0 Å². The Labute approximate surface area is 221 Å². The van der Waals surface area contributed by atoms with E-state index in [1.165, 1.54) is 0 Å². The Kier molecular flexibility index (Phi) is 7.44. The molecular formula is C29H30N6O3. The molecule has 194 valence electrons. The molecule has 0 radical (unpaired) electrons. The average molecular weight is 511 g/mol. The zero-order valence-electron chi connectivity index (χ0n) is 21.3. The maximum absolute atomic E-state index is 12.8. The first-order valence-electron chi connectivity index (χ1n) is 12.8. The molecule has 0 aliphatic carbocycles. The van der Waals surface area contributed by atoms with E-state index >= 15 is 0 Å². The number of hydrogen-bond acceptors (Lipinski definition) is 7. The Morgan fingerprint density at radius 1 is 1.03 bits per heavy atom. The molecule has 3 heterocycles. The minimum Gasteiger partial charge on any atom is -0.466 e. The van der Waals surface area contributed by atoms with Crippen molar-refractivity contribution < 1.29 is 14.3 Å². The quantitative estimate of drug-likeness (QED) is 0.361. The van der Waals surface area contributed by atoms with Gasteiger partial charge in [0.15, 0.2) is 0 Å². The van der Waals surface area contributed by atoms with Crippen LogP contribution in [-0.2, 0) is 16.0 Å². The van der Waals surface area contributed by atoms with Crippen molar-refractivity contribution in [1.29, 1.82) is 0 Å². The van der Waals surface area contributed by atoms with Crippen LogP contribution in [0.1, 0.15) is 31.0 Å². The summed E-state index contributed by atoms with van der Waals surface area (Å²) in [6, 6.07) is 21.1. The number of nitrogens with one attached hydrogen (secondary N) is 1. The van der Waals surface area contributed by atoms with E-state index in [2.05, 4.69) is 15.3 Å². The van der Waals surface area contributed by atoms with Crippen LogP contribution < -0.4 is 11.1 Å². The first-order chi connectivity index (χ1) is 18.5. The van der Waals surface area contributed by atoms with Gasteiger partial charge >= 0.3 is 12.0 Å². The molecule has 1 fully saturated rings. The largest absolute Gasteiger partial charge is 0.466 e. The number of piperidine rings is 1. The Morgan fingerprint density at radius 2 is 1.82 bits per heavy atom.